The lowest BCUT2D eigenvalue weighted by molar-refractivity contribution is 0.103. The Morgan fingerprint density at radius 1 is 0.389 bits per heavy atom. The van der Waals surface area contributed by atoms with Gasteiger partial charge in [0.1, 0.15) is 0 Å². The lowest BCUT2D eigenvalue weighted by Crippen LogP contribution is -2.11. The van der Waals surface area contributed by atoms with Crippen LogP contribution in [0.15, 0.2) is 121 Å². The predicted octanol–water partition coefficient (Wildman–Crippen LogP) is 11.8. The molecular formula is C52H38O2. The van der Waals surface area contributed by atoms with Crippen LogP contribution in [0.3, 0.4) is 0 Å². The molecule has 0 aromatic heterocycles. The van der Waals surface area contributed by atoms with E-state index in [1.165, 1.54) is 11.1 Å². The van der Waals surface area contributed by atoms with Crippen molar-refractivity contribution in [1.29, 1.82) is 0 Å². The summed E-state index contributed by atoms with van der Waals surface area (Å²) in [5, 5.41) is 4.12. The van der Waals surface area contributed by atoms with Gasteiger partial charge in [0.2, 0.25) is 0 Å². The highest BCUT2D eigenvalue weighted by molar-refractivity contribution is 6.26. The molecule has 7 aromatic carbocycles. The summed E-state index contributed by atoms with van der Waals surface area (Å²) >= 11 is 0. The Morgan fingerprint density at radius 3 is 1.13 bits per heavy atom. The molecule has 0 saturated heterocycles. The van der Waals surface area contributed by atoms with E-state index in [1.54, 1.807) is 0 Å². The van der Waals surface area contributed by atoms with Crippen LogP contribution in [0.4, 0.5) is 0 Å². The summed E-state index contributed by atoms with van der Waals surface area (Å²) in [4.78, 5) is 27.8. The Kier molecular flexibility index (Phi) is 7.43. The van der Waals surface area contributed by atoms with Crippen LogP contribution >= 0.6 is 0 Å². The first kappa shape index (κ1) is 33.4. The van der Waals surface area contributed by atoms with Gasteiger partial charge in [-0.3, -0.25) is 9.59 Å². The molecule has 2 heteroatoms. The van der Waals surface area contributed by atoms with E-state index in [9.17, 15) is 9.59 Å². The Balaban J connectivity index is 1.14. The molecule has 0 aliphatic heterocycles. The minimum atomic E-state index is -0.0555. The third-order valence-electron chi connectivity index (χ3n) is 10.9. The molecule has 2 aliphatic rings. The van der Waals surface area contributed by atoms with Crippen LogP contribution in [0, 0.1) is 23.7 Å². The molecule has 0 heterocycles. The van der Waals surface area contributed by atoms with Crippen molar-refractivity contribution in [2.75, 3.05) is 0 Å². The molecule has 2 nitrogen and oxygen atoms in total. The standard InChI is InChI=1S/C52H38O2/c1-51(2,3)35-23-21-33-27-45-37-11-7-9-13-41(37)49(53)47(45)39(43(33)29-35)25-19-31-15-17-32(18-16-31)20-26-40-44-30-36(52(4,5)6)24-22-34(44)28-46-38-12-8-10-14-42(38)50(54)48(40)46/h7-18,21-24,27-30H,1-6H3. The summed E-state index contributed by atoms with van der Waals surface area (Å²) in [5.74, 6) is 13.7. The van der Waals surface area contributed by atoms with Crippen molar-refractivity contribution in [2.24, 2.45) is 0 Å². The van der Waals surface area contributed by atoms with E-state index in [1.807, 2.05) is 72.8 Å². The average molecular weight is 695 g/mol. The number of carbonyl (C=O) groups excluding carboxylic acids is 2. The molecule has 0 bridgehead atoms. The first-order valence-electron chi connectivity index (χ1n) is 18.5. The number of rotatable bonds is 0. The Hall–Kier alpha value is -6.48. The van der Waals surface area contributed by atoms with E-state index in [0.717, 1.165) is 77.2 Å². The van der Waals surface area contributed by atoms with Gasteiger partial charge in [0.05, 0.1) is 0 Å². The predicted molar refractivity (Wildman–Crippen MR) is 221 cm³/mol. The van der Waals surface area contributed by atoms with Gasteiger partial charge in [-0.1, -0.05) is 138 Å². The number of hydrogen-bond acceptors (Lipinski definition) is 2. The summed E-state index contributed by atoms with van der Waals surface area (Å²) < 4.78 is 0. The van der Waals surface area contributed by atoms with E-state index in [-0.39, 0.29) is 22.4 Å². The number of hydrogen-bond donors (Lipinski definition) is 0. The highest BCUT2D eigenvalue weighted by Gasteiger charge is 2.32. The molecule has 7 aromatic rings. The monoisotopic (exact) mass is 694 g/mol. The molecule has 0 saturated carbocycles. The van der Waals surface area contributed by atoms with Crippen molar-refractivity contribution in [3.05, 3.63) is 177 Å². The summed E-state index contributed by atoms with van der Waals surface area (Å²) in [6.07, 6.45) is 0. The van der Waals surface area contributed by atoms with Gasteiger partial charge in [0.15, 0.2) is 11.6 Å². The lowest BCUT2D eigenvalue weighted by Gasteiger charge is -2.20. The van der Waals surface area contributed by atoms with Crippen molar-refractivity contribution in [2.45, 2.75) is 52.4 Å². The zero-order chi connectivity index (χ0) is 37.5. The molecule has 0 atom stereocenters. The Morgan fingerprint density at radius 2 is 0.759 bits per heavy atom. The maximum Gasteiger partial charge on any atom is 0.195 e. The smallest absolute Gasteiger partial charge is 0.195 e. The van der Waals surface area contributed by atoms with Crippen LogP contribution in [0.2, 0.25) is 0 Å². The van der Waals surface area contributed by atoms with Gasteiger partial charge < -0.3 is 0 Å². The molecule has 0 N–H and O–H groups in total. The maximum atomic E-state index is 13.9. The summed E-state index contributed by atoms with van der Waals surface area (Å²) in [7, 11) is 0. The molecule has 258 valence electrons. The van der Waals surface area contributed by atoms with E-state index < -0.39 is 0 Å². The van der Waals surface area contributed by atoms with Crippen LogP contribution in [-0.2, 0) is 10.8 Å². The Labute approximate surface area is 316 Å². The molecule has 0 radical (unpaired) electrons. The second-order valence-electron chi connectivity index (χ2n) is 16.5. The molecule has 0 spiro atoms. The third-order valence-corrected chi connectivity index (χ3v) is 10.9. The van der Waals surface area contributed by atoms with Gasteiger partial charge in [0, 0.05) is 44.5 Å². The first-order valence-corrected chi connectivity index (χ1v) is 18.5. The van der Waals surface area contributed by atoms with Crippen molar-refractivity contribution >= 4 is 33.1 Å². The highest BCUT2D eigenvalue weighted by Crippen LogP contribution is 2.44. The minimum absolute atomic E-state index is 0.0229. The van der Waals surface area contributed by atoms with Crippen molar-refractivity contribution in [3.8, 4) is 45.9 Å². The number of ketones is 2. The lowest BCUT2D eigenvalue weighted by atomic mass is 9.84. The zero-order valence-corrected chi connectivity index (χ0v) is 31.4. The van der Waals surface area contributed by atoms with Crippen LogP contribution in [0.25, 0.3) is 43.8 Å². The second kappa shape index (κ2) is 12.0. The summed E-state index contributed by atoms with van der Waals surface area (Å²) in [6, 6.07) is 40.9. The van der Waals surface area contributed by atoms with E-state index in [4.69, 9.17) is 0 Å². The van der Waals surface area contributed by atoms with Crippen molar-refractivity contribution in [1.82, 2.24) is 0 Å². The second-order valence-corrected chi connectivity index (χ2v) is 16.5. The van der Waals surface area contributed by atoms with Gasteiger partial charge >= 0.3 is 0 Å². The van der Waals surface area contributed by atoms with Gasteiger partial charge in [0.25, 0.3) is 0 Å². The van der Waals surface area contributed by atoms with Gasteiger partial charge in [-0.05, 0) is 114 Å². The average Bonchev–Trinajstić information content (AvgIpc) is 3.61. The van der Waals surface area contributed by atoms with E-state index in [0.29, 0.717) is 11.1 Å². The number of carbonyl (C=O) groups is 2. The molecule has 0 amide bonds. The Bertz CT molecular complexity index is 2720. The molecule has 2 aliphatic carbocycles. The fourth-order valence-electron chi connectivity index (χ4n) is 7.89. The maximum absolute atomic E-state index is 13.9. The number of benzene rings is 7. The molecule has 9 rings (SSSR count). The van der Waals surface area contributed by atoms with Crippen LogP contribution in [-0.4, -0.2) is 11.6 Å². The molecular weight excluding hydrogens is 657 g/mol. The van der Waals surface area contributed by atoms with E-state index in [2.05, 4.69) is 114 Å². The van der Waals surface area contributed by atoms with Crippen LogP contribution in [0.1, 0.15) is 107 Å². The van der Waals surface area contributed by atoms with Gasteiger partial charge in [-0.25, -0.2) is 0 Å². The molecule has 0 fully saturated rings. The van der Waals surface area contributed by atoms with E-state index >= 15 is 0 Å². The fourth-order valence-corrected chi connectivity index (χ4v) is 7.89. The topological polar surface area (TPSA) is 34.1 Å². The van der Waals surface area contributed by atoms with Crippen LogP contribution in [0.5, 0.6) is 0 Å². The van der Waals surface area contributed by atoms with Gasteiger partial charge in [-0.2, -0.15) is 0 Å². The highest BCUT2D eigenvalue weighted by atomic mass is 16.1. The SMILES string of the molecule is CC(C)(C)c1ccc2cc3c(c(C#Cc4ccc(C#Cc5c6c(cc7ccc(C(C)(C)C)cc57)-c5ccccc5C6=O)cc4)c2c1)C(=O)c1ccccc1-3. The van der Waals surface area contributed by atoms with Crippen LogP contribution < -0.4 is 0 Å². The minimum Gasteiger partial charge on any atom is -0.289 e. The number of fused-ring (bicyclic) bond motifs is 8. The molecule has 54 heavy (non-hydrogen) atoms. The third kappa shape index (κ3) is 5.38. The normalized spacial score (nSPS) is 12.8. The van der Waals surface area contributed by atoms with Gasteiger partial charge in [-0.15, -0.1) is 0 Å². The molecule has 0 unspecified atom stereocenters. The van der Waals surface area contributed by atoms with Crippen molar-refractivity contribution < 1.29 is 9.59 Å². The zero-order valence-electron chi connectivity index (χ0n) is 31.4. The summed E-state index contributed by atoms with van der Waals surface area (Å²) in [5.41, 5.74) is 12.1. The quantitative estimate of drug-likeness (QED) is 0.148. The van der Waals surface area contributed by atoms with Crippen molar-refractivity contribution in [3.63, 3.8) is 0 Å². The largest absolute Gasteiger partial charge is 0.289 e. The first-order chi connectivity index (χ1) is 25.9. The summed E-state index contributed by atoms with van der Waals surface area (Å²) in [6.45, 7) is 13.2. The fraction of sp³-hybridized carbons (Fsp3) is 0.154.